The fraction of sp³-hybridized carbons (Fsp3) is 1.00. The zero-order valence-corrected chi connectivity index (χ0v) is 10.3. The molecule has 0 bridgehead atoms. The number of unbranched alkanes of at least 4 members (excludes halogenated alkanes) is 1. The van der Waals surface area contributed by atoms with Gasteiger partial charge < -0.3 is 16.3 Å². The Balaban J connectivity index is -0.0000000941. The van der Waals surface area contributed by atoms with E-state index in [0.29, 0.717) is 0 Å². The zero-order chi connectivity index (χ0) is 8.95. The van der Waals surface area contributed by atoms with Crippen molar-refractivity contribution in [3.05, 3.63) is 0 Å². The van der Waals surface area contributed by atoms with Gasteiger partial charge in [-0.25, -0.2) is 0 Å². The fourth-order valence-corrected chi connectivity index (χ4v) is 0.949. The molecule has 0 radical (unpaired) electrons. The predicted molar refractivity (Wildman–Crippen MR) is 64.7 cm³/mol. The van der Waals surface area contributed by atoms with Gasteiger partial charge in [-0.15, -0.1) is 0 Å². The van der Waals surface area contributed by atoms with Crippen LogP contribution in [0.5, 0.6) is 0 Å². The van der Waals surface area contributed by atoms with Crippen LogP contribution in [0.4, 0.5) is 0 Å². The number of nitrogens with one attached hydrogen (secondary N) is 1. The van der Waals surface area contributed by atoms with Crippen LogP contribution < -0.4 is 5.32 Å². The van der Waals surface area contributed by atoms with Crippen molar-refractivity contribution >= 4 is 11.8 Å². The van der Waals surface area contributed by atoms with Gasteiger partial charge in [-0.05, 0) is 19.2 Å². The maximum absolute atomic E-state index is 3.37. The summed E-state index contributed by atoms with van der Waals surface area (Å²) < 4.78 is 0. The van der Waals surface area contributed by atoms with Gasteiger partial charge in [0.25, 0.3) is 0 Å². The molecule has 0 fully saturated rings. The number of hydrogen-bond donors (Lipinski definition) is 1. The van der Waals surface area contributed by atoms with Gasteiger partial charge in [0.05, 0.1) is 0 Å². The first-order valence-electron chi connectivity index (χ1n) is 4.61. The van der Waals surface area contributed by atoms with E-state index in [1.54, 1.807) is 0 Å². The quantitative estimate of drug-likeness (QED) is 0.671. The summed E-state index contributed by atoms with van der Waals surface area (Å²) >= 11 is 1.90. The van der Waals surface area contributed by atoms with E-state index in [2.05, 4.69) is 18.5 Å². The van der Waals surface area contributed by atoms with E-state index in [1.165, 1.54) is 31.7 Å². The standard InChI is InChI=1S/C7H17NS.C2H6.2H2O/c1-3-4-5-8-6-7-9-2;1-2;;/h8H,3-7H2,1-2H3;1-2H3;2*1H2. The molecule has 86 valence electrons. The van der Waals surface area contributed by atoms with E-state index in [0.717, 1.165) is 0 Å². The van der Waals surface area contributed by atoms with Gasteiger partial charge in [0.1, 0.15) is 0 Å². The molecule has 0 aliphatic carbocycles. The average Bonchev–Trinajstić information content (AvgIpc) is 2.08. The summed E-state index contributed by atoms with van der Waals surface area (Å²) in [6.45, 7) is 8.58. The molecule has 0 aliphatic rings. The topological polar surface area (TPSA) is 75.0 Å². The molecule has 0 aliphatic heterocycles. The minimum absolute atomic E-state index is 0. The molecule has 0 rings (SSSR count). The summed E-state index contributed by atoms with van der Waals surface area (Å²) in [4.78, 5) is 0. The number of thioether (sulfide) groups is 1. The van der Waals surface area contributed by atoms with Gasteiger partial charge in [-0.3, -0.25) is 0 Å². The van der Waals surface area contributed by atoms with Crippen LogP contribution in [0.2, 0.25) is 0 Å². The minimum atomic E-state index is 0. The van der Waals surface area contributed by atoms with Crippen molar-refractivity contribution in [1.82, 2.24) is 5.32 Å². The average molecular weight is 213 g/mol. The zero-order valence-electron chi connectivity index (χ0n) is 9.44. The summed E-state index contributed by atoms with van der Waals surface area (Å²) in [6, 6.07) is 0. The molecular weight excluding hydrogens is 186 g/mol. The molecule has 5 N–H and O–H groups in total. The van der Waals surface area contributed by atoms with Crippen molar-refractivity contribution in [1.29, 1.82) is 0 Å². The minimum Gasteiger partial charge on any atom is -0.412 e. The van der Waals surface area contributed by atoms with Crippen LogP contribution in [0.25, 0.3) is 0 Å². The molecule has 0 saturated heterocycles. The molecule has 0 aromatic heterocycles. The highest BCUT2D eigenvalue weighted by atomic mass is 32.2. The maximum Gasteiger partial charge on any atom is 0.00553 e. The van der Waals surface area contributed by atoms with E-state index in [1.807, 2.05) is 25.6 Å². The molecule has 0 amide bonds. The molecule has 4 heteroatoms. The second-order valence-corrected chi connectivity index (χ2v) is 3.08. The molecular formula is C9H27NO2S. The predicted octanol–water partition coefficient (Wildman–Crippen LogP) is 1.12. The molecule has 0 aromatic rings. The lowest BCUT2D eigenvalue weighted by molar-refractivity contribution is 0.666. The first kappa shape index (κ1) is 23.2. The molecule has 13 heavy (non-hydrogen) atoms. The molecule has 0 heterocycles. The van der Waals surface area contributed by atoms with Crippen molar-refractivity contribution in [3.63, 3.8) is 0 Å². The Morgan fingerprint density at radius 1 is 1.08 bits per heavy atom. The van der Waals surface area contributed by atoms with E-state index in [9.17, 15) is 0 Å². The van der Waals surface area contributed by atoms with Crippen molar-refractivity contribution in [2.75, 3.05) is 25.1 Å². The number of hydrogen-bond acceptors (Lipinski definition) is 2. The van der Waals surface area contributed by atoms with Crippen LogP contribution in [0.3, 0.4) is 0 Å². The van der Waals surface area contributed by atoms with E-state index in [-0.39, 0.29) is 11.0 Å². The molecule has 0 saturated carbocycles. The number of rotatable bonds is 6. The molecule has 3 nitrogen and oxygen atoms in total. The van der Waals surface area contributed by atoms with Crippen LogP contribution in [0, 0.1) is 0 Å². The van der Waals surface area contributed by atoms with Crippen molar-refractivity contribution in [2.24, 2.45) is 0 Å². The summed E-state index contributed by atoms with van der Waals surface area (Å²) in [5, 5.41) is 3.37. The summed E-state index contributed by atoms with van der Waals surface area (Å²) in [5.74, 6) is 1.24. The second-order valence-electron chi connectivity index (χ2n) is 2.10. The molecule has 0 atom stereocenters. The first-order chi connectivity index (χ1) is 5.41. The highest BCUT2D eigenvalue weighted by Gasteiger charge is 1.83. The lowest BCUT2D eigenvalue weighted by Gasteiger charge is -1.99. The Morgan fingerprint density at radius 3 is 2.00 bits per heavy atom. The highest BCUT2D eigenvalue weighted by Crippen LogP contribution is 1.87. The van der Waals surface area contributed by atoms with Gasteiger partial charge in [-0.1, -0.05) is 27.2 Å². The van der Waals surface area contributed by atoms with Crippen molar-refractivity contribution < 1.29 is 11.0 Å². The summed E-state index contributed by atoms with van der Waals surface area (Å²) in [5.41, 5.74) is 0. The Kier molecular flexibility index (Phi) is 52.7. The SMILES string of the molecule is CC.CCCCNCCSC.O.O. The summed E-state index contributed by atoms with van der Waals surface area (Å²) in [6.07, 6.45) is 4.75. The van der Waals surface area contributed by atoms with Crippen LogP contribution >= 0.6 is 11.8 Å². The van der Waals surface area contributed by atoms with Gasteiger partial charge in [0, 0.05) is 12.3 Å². The van der Waals surface area contributed by atoms with Crippen molar-refractivity contribution in [2.45, 2.75) is 33.6 Å². The van der Waals surface area contributed by atoms with Crippen LogP contribution in [-0.4, -0.2) is 36.1 Å². The van der Waals surface area contributed by atoms with Gasteiger partial charge in [0.2, 0.25) is 0 Å². The summed E-state index contributed by atoms with van der Waals surface area (Å²) in [7, 11) is 0. The van der Waals surface area contributed by atoms with Crippen LogP contribution in [0.15, 0.2) is 0 Å². The highest BCUT2D eigenvalue weighted by molar-refractivity contribution is 7.98. The van der Waals surface area contributed by atoms with E-state index < -0.39 is 0 Å². The molecule has 0 unspecified atom stereocenters. The third kappa shape index (κ3) is 33.0. The van der Waals surface area contributed by atoms with Gasteiger partial charge in [-0.2, -0.15) is 11.8 Å². The smallest absolute Gasteiger partial charge is 0.00553 e. The Bertz CT molecular complexity index is 50.9. The maximum atomic E-state index is 3.37. The van der Waals surface area contributed by atoms with E-state index >= 15 is 0 Å². The largest absolute Gasteiger partial charge is 0.412 e. The Hall–Kier alpha value is 0.230. The lowest BCUT2D eigenvalue weighted by atomic mass is 10.3. The third-order valence-electron chi connectivity index (χ3n) is 1.19. The van der Waals surface area contributed by atoms with Crippen LogP contribution in [-0.2, 0) is 0 Å². The second kappa shape index (κ2) is 29.5. The molecule has 0 aromatic carbocycles. The lowest BCUT2D eigenvalue weighted by Crippen LogP contribution is -2.17. The van der Waals surface area contributed by atoms with Gasteiger partial charge >= 0.3 is 0 Å². The van der Waals surface area contributed by atoms with Gasteiger partial charge in [0.15, 0.2) is 0 Å². The Morgan fingerprint density at radius 2 is 1.62 bits per heavy atom. The fourth-order valence-electron chi connectivity index (χ4n) is 0.601. The normalized spacial score (nSPS) is 7.38. The van der Waals surface area contributed by atoms with Crippen LogP contribution in [0.1, 0.15) is 33.6 Å². The third-order valence-corrected chi connectivity index (χ3v) is 1.80. The van der Waals surface area contributed by atoms with E-state index in [4.69, 9.17) is 0 Å². The molecule has 0 spiro atoms. The Labute approximate surface area is 87.3 Å². The monoisotopic (exact) mass is 213 g/mol. The first-order valence-corrected chi connectivity index (χ1v) is 6.00. The van der Waals surface area contributed by atoms with Crippen molar-refractivity contribution in [3.8, 4) is 0 Å².